The van der Waals surface area contributed by atoms with Gasteiger partial charge in [0.1, 0.15) is 5.60 Å². The molecule has 3 N–H and O–H groups in total. The summed E-state index contributed by atoms with van der Waals surface area (Å²) in [5.74, 6) is -0.321. The van der Waals surface area contributed by atoms with Crippen molar-refractivity contribution in [3.8, 4) is 0 Å². The maximum atomic E-state index is 11.5. The van der Waals surface area contributed by atoms with E-state index in [-0.39, 0.29) is 5.92 Å². The zero-order chi connectivity index (χ0) is 15.8. The van der Waals surface area contributed by atoms with Crippen molar-refractivity contribution < 1.29 is 14.3 Å². The van der Waals surface area contributed by atoms with Crippen LogP contribution in [-0.2, 0) is 15.1 Å². The van der Waals surface area contributed by atoms with Crippen molar-refractivity contribution in [3.63, 3.8) is 0 Å². The molecule has 0 saturated carbocycles. The van der Waals surface area contributed by atoms with Gasteiger partial charge in [0, 0.05) is 11.6 Å². The molecule has 1 aliphatic rings. The fourth-order valence-electron chi connectivity index (χ4n) is 2.49. The summed E-state index contributed by atoms with van der Waals surface area (Å²) >= 11 is 0. The number of benzene rings is 1. The van der Waals surface area contributed by atoms with E-state index in [1.807, 2.05) is 45.9 Å². The number of anilines is 1. The first-order valence-corrected chi connectivity index (χ1v) is 6.86. The van der Waals surface area contributed by atoms with Gasteiger partial charge >= 0.3 is 6.09 Å². The molecular formula is C16H20N2O3. The lowest BCUT2D eigenvalue weighted by atomic mass is 9.88. The highest BCUT2D eigenvalue weighted by Crippen LogP contribution is 2.38. The third kappa shape index (κ3) is 3.07. The van der Waals surface area contributed by atoms with E-state index in [1.54, 1.807) is 0 Å². The lowest BCUT2D eigenvalue weighted by Crippen LogP contribution is -2.34. The second kappa shape index (κ2) is 5.24. The number of fused-ring (bicyclic) bond motifs is 1. The Morgan fingerprint density at radius 2 is 2.05 bits per heavy atom. The molecule has 0 saturated heterocycles. The van der Waals surface area contributed by atoms with Crippen molar-refractivity contribution in [2.45, 2.75) is 33.3 Å². The quantitative estimate of drug-likeness (QED) is 0.839. The van der Waals surface area contributed by atoms with E-state index in [0.717, 1.165) is 22.4 Å². The molecule has 0 bridgehead atoms. The van der Waals surface area contributed by atoms with E-state index in [9.17, 15) is 9.59 Å². The molecule has 1 aromatic carbocycles. The van der Waals surface area contributed by atoms with Gasteiger partial charge in [-0.1, -0.05) is 19.9 Å². The smallest absolute Gasteiger partial charge is 0.412 e. The van der Waals surface area contributed by atoms with Crippen molar-refractivity contribution in [1.82, 2.24) is 0 Å². The zero-order valence-corrected chi connectivity index (χ0v) is 12.7. The average molecular weight is 288 g/mol. The van der Waals surface area contributed by atoms with Gasteiger partial charge < -0.3 is 10.5 Å². The SMILES string of the molecule is CC(C)C(=CC(N)=O)c1ccc2c(c1)C(C)(C)OC(=O)N2. The van der Waals surface area contributed by atoms with Crippen LogP contribution in [0.2, 0.25) is 0 Å². The highest BCUT2D eigenvalue weighted by Gasteiger charge is 2.33. The molecule has 1 heterocycles. The number of hydrogen-bond donors (Lipinski definition) is 2. The standard InChI is InChI=1S/C16H20N2O3/c1-9(2)11(8-14(17)19)10-5-6-13-12(7-10)16(3,4)21-15(20)18-13/h5-9H,1-4H3,(H2,17,19)(H,18,20). The molecule has 0 aliphatic carbocycles. The highest BCUT2D eigenvalue weighted by atomic mass is 16.6. The van der Waals surface area contributed by atoms with Crippen molar-refractivity contribution in [3.05, 3.63) is 35.4 Å². The summed E-state index contributed by atoms with van der Waals surface area (Å²) in [5.41, 5.74) is 7.91. The molecule has 0 aromatic heterocycles. The van der Waals surface area contributed by atoms with E-state index in [2.05, 4.69) is 5.32 Å². The number of nitrogens with two attached hydrogens (primary N) is 1. The van der Waals surface area contributed by atoms with E-state index in [4.69, 9.17) is 10.5 Å². The van der Waals surface area contributed by atoms with Crippen LogP contribution in [0.3, 0.4) is 0 Å². The van der Waals surface area contributed by atoms with Gasteiger partial charge in [-0.3, -0.25) is 10.1 Å². The van der Waals surface area contributed by atoms with Gasteiger partial charge in [0.05, 0.1) is 5.69 Å². The van der Waals surface area contributed by atoms with Crippen molar-refractivity contribution in [2.24, 2.45) is 11.7 Å². The normalized spacial score (nSPS) is 17.0. The van der Waals surface area contributed by atoms with Crippen LogP contribution in [0, 0.1) is 5.92 Å². The molecule has 5 heteroatoms. The van der Waals surface area contributed by atoms with Gasteiger partial charge in [-0.25, -0.2) is 4.79 Å². The topological polar surface area (TPSA) is 81.4 Å². The Labute approximate surface area is 124 Å². The summed E-state index contributed by atoms with van der Waals surface area (Å²) < 4.78 is 5.32. The highest BCUT2D eigenvalue weighted by molar-refractivity contribution is 5.95. The number of cyclic esters (lactones) is 1. The van der Waals surface area contributed by atoms with Gasteiger partial charge in [-0.15, -0.1) is 0 Å². The second-order valence-corrected chi connectivity index (χ2v) is 5.94. The summed E-state index contributed by atoms with van der Waals surface area (Å²) in [7, 11) is 0. The van der Waals surface area contributed by atoms with Gasteiger partial charge in [0.2, 0.25) is 5.91 Å². The number of carbonyl (C=O) groups is 2. The molecule has 0 fully saturated rings. The van der Waals surface area contributed by atoms with E-state index >= 15 is 0 Å². The first-order valence-electron chi connectivity index (χ1n) is 6.86. The van der Waals surface area contributed by atoms with Crippen LogP contribution in [0.1, 0.15) is 38.8 Å². The zero-order valence-electron chi connectivity index (χ0n) is 12.7. The molecule has 0 spiro atoms. The molecule has 2 rings (SSSR count). The molecular weight excluding hydrogens is 268 g/mol. The fourth-order valence-corrected chi connectivity index (χ4v) is 2.49. The van der Waals surface area contributed by atoms with Crippen LogP contribution in [0.5, 0.6) is 0 Å². The van der Waals surface area contributed by atoms with Gasteiger partial charge in [-0.05, 0) is 43.0 Å². The minimum atomic E-state index is -0.720. The maximum Gasteiger partial charge on any atom is 0.412 e. The average Bonchev–Trinajstić information content (AvgIpc) is 2.34. The van der Waals surface area contributed by atoms with E-state index < -0.39 is 17.6 Å². The lowest BCUT2D eigenvalue weighted by molar-refractivity contribution is -0.113. The third-order valence-electron chi connectivity index (χ3n) is 3.51. The van der Waals surface area contributed by atoms with Crippen LogP contribution in [0.4, 0.5) is 10.5 Å². The predicted octanol–water partition coefficient (Wildman–Crippen LogP) is 3.01. The van der Waals surface area contributed by atoms with E-state index in [0.29, 0.717) is 0 Å². The maximum absolute atomic E-state index is 11.5. The molecule has 1 aliphatic heterocycles. The van der Waals surface area contributed by atoms with Crippen LogP contribution in [0.25, 0.3) is 5.57 Å². The summed E-state index contributed by atoms with van der Waals surface area (Å²) in [4.78, 5) is 22.7. The number of carbonyl (C=O) groups excluding carboxylic acids is 2. The Bertz CT molecular complexity index is 630. The number of primary amides is 1. The third-order valence-corrected chi connectivity index (χ3v) is 3.51. The van der Waals surface area contributed by atoms with Crippen molar-refractivity contribution in [1.29, 1.82) is 0 Å². The Hall–Kier alpha value is -2.30. The number of ether oxygens (including phenoxy) is 1. The van der Waals surface area contributed by atoms with Crippen LogP contribution < -0.4 is 11.1 Å². The van der Waals surface area contributed by atoms with Crippen LogP contribution >= 0.6 is 0 Å². The molecule has 2 amide bonds. The molecule has 112 valence electrons. The minimum absolute atomic E-state index is 0.151. The number of nitrogens with one attached hydrogen (secondary N) is 1. The van der Waals surface area contributed by atoms with Gasteiger partial charge in [0.25, 0.3) is 0 Å². The lowest BCUT2D eigenvalue weighted by Gasteiger charge is -2.33. The molecule has 21 heavy (non-hydrogen) atoms. The molecule has 0 radical (unpaired) electrons. The molecule has 5 nitrogen and oxygen atoms in total. The number of allylic oxidation sites excluding steroid dienone is 1. The summed E-state index contributed by atoms with van der Waals surface area (Å²) in [5, 5.41) is 2.68. The molecule has 1 aromatic rings. The predicted molar refractivity (Wildman–Crippen MR) is 81.6 cm³/mol. The van der Waals surface area contributed by atoms with Crippen molar-refractivity contribution >= 4 is 23.3 Å². The first kappa shape index (κ1) is 15.1. The largest absolute Gasteiger partial charge is 0.438 e. The number of rotatable bonds is 3. The van der Waals surface area contributed by atoms with Gasteiger partial charge in [-0.2, -0.15) is 0 Å². The Morgan fingerprint density at radius 1 is 1.38 bits per heavy atom. The van der Waals surface area contributed by atoms with Crippen molar-refractivity contribution in [2.75, 3.05) is 5.32 Å². The van der Waals surface area contributed by atoms with Gasteiger partial charge in [0.15, 0.2) is 0 Å². The summed E-state index contributed by atoms with van der Waals surface area (Å²) in [6.45, 7) is 7.66. The number of amides is 2. The van der Waals surface area contributed by atoms with Crippen LogP contribution in [0.15, 0.2) is 24.3 Å². The minimum Gasteiger partial charge on any atom is -0.438 e. The Kier molecular flexibility index (Phi) is 3.77. The molecule has 0 unspecified atom stereocenters. The summed E-state index contributed by atoms with van der Waals surface area (Å²) in [6.07, 6.45) is 0.985. The monoisotopic (exact) mass is 288 g/mol. The molecule has 0 atom stereocenters. The fraction of sp³-hybridized carbons (Fsp3) is 0.375. The second-order valence-electron chi connectivity index (χ2n) is 5.94. The summed E-state index contributed by atoms with van der Waals surface area (Å²) in [6, 6.07) is 5.63. The first-order chi connectivity index (χ1) is 9.70. The Balaban J connectivity index is 2.55. The Morgan fingerprint density at radius 3 is 2.62 bits per heavy atom. The van der Waals surface area contributed by atoms with Crippen LogP contribution in [-0.4, -0.2) is 12.0 Å². The number of hydrogen-bond acceptors (Lipinski definition) is 3. The van der Waals surface area contributed by atoms with E-state index in [1.165, 1.54) is 6.08 Å².